The molecule has 6 heteroatoms. The molecule has 0 aliphatic heterocycles. The molecule has 3 rings (SSSR count). The van der Waals surface area contributed by atoms with Crippen LogP contribution in [0, 0.1) is 6.92 Å². The second-order valence-corrected chi connectivity index (χ2v) is 6.51. The number of amides is 1. The molecule has 136 valence electrons. The average molecular weight is 353 g/mol. The summed E-state index contributed by atoms with van der Waals surface area (Å²) < 4.78 is 8.74. The summed E-state index contributed by atoms with van der Waals surface area (Å²) in [5.74, 6) is 0.556. The average Bonchev–Trinajstić information content (AvgIpc) is 2.85. The highest BCUT2D eigenvalue weighted by Crippen LogP contribution is 2.13. The van der Waals surface area contributed by atoms with Crippen molar-refractivity contribution in [2.24, 2.45) is 7.05 Å². The van der Waals surface area contributed by atoms with E-state index in [0.29, 0.717) is 6.61 Å². The first kappa shape index (κ1) is 17.8. The van der Waals surface area contributed by atoms with Crippen LogP contribution in [0.1, 0.15) is 12.5 Å². The van der Waals surface area contributed by atoms with Gasteiger partial charge in [-0.2, -0.15) is 0 Å². The van der Waals surface area contributed by atoms with Gasteiger partial charge >= 0.3 is 5.69 Å². The van der Waals surface area contributed by atoms with Crippen molar-refractivity contribution in [2.75, 3.05) is 6.61 Å². The third-order valence-corrected chi connectivity index (χ3v) is 4.25. The van der Waals surface area contributed by atoms with Crippen molar-refractivity contribution < 1.29 is 9.53 Å². The van der Waals surface area contributed by atoms with Crippen LogP contribution in [0.25, 0.3) is 11.0 Å². The number of benzene rings is 2. The highest BCUT2D eigenvalue weighted by molar-refractivity contribution is 5.81. The molecule has 0 fully saturated rings. The molecule has 3 aromatic rings. The van der Waals surface area contributed by atoms with E-state index in [1.54, 1.807) is 11.6 Å². The molecule has 1 N–H and O–H groups in total. The van der Waals surface area contributed by atoms with Gasteiger partial charge < -0.3 is 10.1 Å². The van der Waals surface area contributed by atoms with Crippen LogP contribution in [0.4, 0.5) is 0 Å². The lowest BCUT2D eigenvalue weighted by Crippen LogP contribution is -2.40. The van der Waals surface area contributed by atoms with Crippen molar-refractivity contribution in [2.45, 2.75) is 26.4 Å². The standard InChI is InChI=1S/C20H23N3O3/c1-14-7-6-8-16(11-14)26-13-15(2)21-19(24)12-23-18-10-5-4-9-17(18)22(3)20(23)25/h4-11,15H,12-13H2,1-3H3,(H,21,24). The Morgan fingerprint density at radius 1 is 1.15 bits per heavy atom. The van der Waals surface area contributed by atoms with E-state index in [1.807, 2.05) is 62.4 Å². The normalized spacial score (nSPS) is 12.1. The molecule has 26 heavy (non-hydrogen) atoms. The van der Waals surface area contributed by atoms with Gasteiger partial charge in [-0.25, -0.2) is 4.79 Å². The molecule has 0 radical (unpaired) electrons. The number of aromatic nitrogens is 2. The third-order valence-electron chi connectivity index (χ3n) is 4.25. The summed E-state index contributed by atoms with van der Waals surface area (Å²) in [5.41, 5.74) is 2.47. The van der Waals surface area contributed by atoms with Gasteiger partial charge in [0.25, 0.3) is 0 Å². The molecule has 0 saturated carbocycles. The van der Waals surface area contributed by atoms with Crippen LogP contribution in [0.15, 0.2) is 53.3 Å². The van der Waals surface area contributed by atoms with Crippen molar-refractivity contribution in [3.8, 4) is 5.75 Å². The fraction of sp³-hybridized carbons (Fsp3) is 0.300. The summed E-state index contributed by atoms with van der Waals surface area (Å²) in [6.07, 6.45) is 0. The molecule has 1 aromatic heterocycles. The van der Waals surface area contributed by atoms with Crippen molar-refractivity contribution in [3.63, 3.8) is 0 Å². The number of carbonyl (C=O) groups excluding carboxylic acids is 1. The lowest BCUT2D eigenvalue weighted by atomic mass is 10.2. The Hall–Kier alpha value is -3.02. The summed E-state index contributed by atoms with van der Waals surface area (Å²) in [7, 11) is 1.71. The monoisotopic (exact) mass is 353 g/mol. The number of para-hydroxylation sites is 2. The van der Waals surface area contributed by atoms with Crippen LogP contribution in [-0.2, 0) is 18.4 Å². The molecule has 0 spiro atoms. The SMILES string of the molecule is Cc1cccc(OCC(C)NC(=O)Cn2c(=O)n(C)c3ccccc32)c1. The third kappa shape index (κ3) is 3.79. The predicted molar refractivity (Wildman–Crippen MR) is 101 cm³/mol. The number of imidazole rings is 1. The zero-order valence-electron chi connectivity index (χ0n) is 15.2. The van der Waals surface area contributed by atoms with Crippen molar-refractivity contribution in [3.05, 3.63) is 64.6 Å². The number of ether oxygens (including phenoxy) is 1. The number of rotatable bonds is 6. The van der Waals surface area contributed by atoms with Crippen molar-refractivity contribution >= 4 is 16.9 Å². The van der Waals surface area contributed by atoms with Crippen LogP contribution in [0.2, 0.25) is 0 Å². The molecule has 0 aliphatic carbocycles. The Labute approximate surface area is 152 Å². The predicted octanol–water partition coefficient (Wildman–Crippen LogP) is 2.23. The molecular formula is C20H23N3O3. The van der Waals surface area contributed by atoms with Crippen LogP contribution in [-0.4, -0.2) is 27.7 Å². The summed E-state index contributed by atoms with van der Waals surface area (Å²) >= 11 is 0. The summed E-state index contributed by atoms with van der Waals surface area (Å²) in [4.78, 5) is 24.7. The number of nitrogens with one attached hydrogen (secondary N) is 1. The van der Waals surface area contributed by atoms with E-state index < -0.39 is 0 Å². The van der Waals surface area contributed by atoms with E-state index in [-0.39, 0.29) is 24.2 Å². The fourth-order valence-electron chi connectivity index (χ4n) is 2.95. The minimum Gasteiger partial charge on any atom is -0.491 e. The molecule has 0 aliphatic rings. The molecule has 0 bridgehead atoms. The first-order valence-corrected chi connectivity index (χ1v) is 8.59. The van der Waals surface area contributed by atoms with Crippen LogP contribution in [0.3, 0.4) is 0 Å². The molecule has 6 nitrogen and oxygen atoms in total. The zero-order chi connectivity index (χ0) is 18.7. The van der Waals surface area contributed by atoms with Crippen molar-refractivity contribution in [1.82, 2.24) is 14.5 Å². The van der Waals surface area contributed by atoms with Gasteiger partial charge in [0, 0.05) is 7.05 Å². The smallest absolute Gasteiger partial charge is 0.329 e. The van der Waals surface area contributed by atoms with E-state index in [4.69, 9.17) is 4.74 Å². The Kier molecular flexibility index (Phi) is 5.11. The number of nitrogens with zero attached hydrogens (tertiary/aromatic N) is 2. The molecule has 1 heterocycles. The lowest BCUT2D eigenvalue weighted by molar-refractivity contribution is -0.122. The Bertz CT molecular complexity index is 987. The molecule has 2 aromatic carbocycles. The molecule has 0 saturated heterocycles. The lowest BCUT2D eigenvalue weighted by Gasteiger charge is -2.15. The Balaban J connectivity index is 1.62. The molecule has 1 atom stereocenters. The Morgan fingerprint density at radius 2 is 1.88 bits per heavy atom. The maximum absolute atomic E-state index is 12.4. The summed E-state index contributed by atoms with van der Waals surface area (Å²) in [6, 6.07) is 15.0. The molecule has 1 amide bonds. The van der Waals surface area contributed by atoms with E-state index in [1.165, 1.54) is 4.57 Å². The van der Waals surface area contributed by atoms with E-state index >= 15 is 0 Å². The number of hydrogen-bond acceptors (Lipinski definition) is 3. The fourth-order valence-corrected chi connectivity index (χ4v) is 2.95. The van der Waals surface area contributed by atoms with E-state index in [2.05, 4.69) is 5.32 Å². The molecule has 1 unspecified atom stereocenters. The number of fused-ring (bicyclic) bond motifs is 1. The summed E-state index contributed by atoms with van der Waals surface area (Å²) in [6.45, 7) is 4.22. The maximum Gasteiger partial charge on any atom is 0.329 e. The quantitative estimate of drug-likeness (QED) is 0.739. The highest BCUT2D eigenvalue weighted by Gasteiger charge is 2.14. The van der Waals surface area contributed by atoms with Gasteiger partial charge in [0.15, 0.2) is 0 Å². The molecular weight excluding hydrogens is 330 g/mol. The van der Waals surface area contributed by atoms with Gasteiger partial charge in [0.1, 0.15) is 18.9 Å². The van der Waals surface area contributed by atoms with Gasteiger partial charge in [-0.15, -0.1) is 0 Å². The van der Waals surface area contributed by atoms with Gasteiger partial charge in [-0.1, -0.05) is 24.3 Å². The second-order valence-electron chi connectivity index (χ2n) is 6.51. The van der Waals surface area contributed by atoms with Crippen molar-refractivity contribution in [1.29, 1.82) is 0 Å². The number of hydrogen-bond donors (Lipinski definition) is 1. The van der Waals surface area contributed by atoms with Gasteiger partial charge in [0.05, 0.1) is 17.1 Å². The zero-order valence-corrected chi connectivity index (χ0v) is 15.2. The number of aryl methyl sites for hydroxylation is 2. The minimum absolute atomic E-state index is 0.0189. The van der Waals surface area contributed by atoms with Crippen LogP contribution in [0.5, 0.6) is 5.75 Å². The van der Waals surface area contributed by atoms with E-state index in [0.717, 1.165) is 22.3 Å². The number of carbonyl (C=O) groups is 1. The maximum atomic E-state index is 12.4. The first-order valence-electron chi connectivity index (χ1n) is 8.59. The largest absolute Gasteiger partial charge is 0.491 e. The first-order chi connectivity index (χ1) is 12.5. The minimum atomic E-state index is -0.219. The van der Waals surface area contributed by atoms with Crippen LogP contribution >= 0.6 is 0 Å². The van der Waals surface area contributed by atoms with Gasteiger partial charge in [-0.3, -0.25) is 13.9 Å². The van der Waals surface area contributed by atoms with Gasteiger partial charge in [-0.05, 0) is 43.7 Å². The topological polar surface area (TPSA) is 65.3 Å². The van der Waals surface area contributed by atoms with Crippen LogP contribution < -0.4 is 15.7 Å². The summed E-state index contributed by atoms with van der Waals surface area (Å²) in [5, 5.41) is 2.88. The second kappa shape index (κ2) is 7.47. The highest BCUT2D eigenvalue weighted by atomic mass is 16.5. The van der Waals surface area contributed by atoms with Gasteiger partial charge in [0.2, 0.25) is 5.91 Å². The van der Waals surface area contributed by atoms with E-state index in [9.17, 15) is 9.59 Å². The Morgan fingerprint density at radius 3 is 2.62 bits per heavy atom.